The zero-order chi connectivity index (χ0) is 12.3. The Kier molecular flexibility index (Phi) is 3.84. The molecule has 0 fully saturated rings. The van der Waals surface area contributed by atoms with E-state index in [1.807, 2.05) is 0 Å². The van der Waals surface area contributed by atoms with Gasteiger partial charge in [0.05, 0.1) is 7.11 Å². The minimum atomic E-state index is 0.107. The molecule has 2 nitrogen and oxygen atoms in total. The molecule has 0 aliphatic carbocycles. The zero-order valence-corrected chi connectivity index (χ0v) is 11.3. The molecule has 0 unspecified atom stereocenters. The van der Waals surface area contributed by atoms with Gasteiger partial charge in [0, 0.05) is 24.8 Å². The Morgan fingerprint density at radius 3 is 2.31 bits per heavy atom. The molecule has 0 amide bonds. The van der Waals surface area contributed by atoms with E-state index >= 15 is 0 Å². The third kappa shape index (κ3) is 2.69. The van der Waals surface area contributed by atoms with Crippen LogP contribution in [0.15, 0.2) is 18.2 Å². The summed E-state index contributed by atoms with van der Waals surface area (Å²) in [5.41, 5.74) is 2.61. The number of rotatable bonds is 3. The second kappa shape index (κ2) is 4.77. The van der Waals surface area contributed by atoms with Gasteiger partial charge in [-0.1, -0.05) is 20.8 Å². The van der Waals surface area contributed by atoms with Crippen molar-refractivity contribution in [2.45, 2.75) is 33.1 Å². The van der Waals surface area contributed by atoms with E-state index < -0.39 is 0 Å². The molecule has 0 saturated carbocycles. The molecule has 0 spiro atoms. The van der Waals surface area contributed by atoms with Gasteiger partial charge in [-0.2, -0.15) is 0 Å². The van der Waals surface area contributed by atoms with Gasteiger partial charge in [0.15, 0.2) is 0 Å². The summed E-state index contributed by atoms with van der Waals surface area (Å²) in [4.78, 5) is 2.23. The van der Waals surface area contributed by atoms with Crippen molar-refractivity contribution in [3.8, 4) is 5.75 Å². The molecule has 0 aliphatic heterocycles. The smallest absolute Gasteiger partial charge is 0.122 e. The molecule has 1 aromatic rings. The van der Waals surface area contributed by atoms with Gasteiger partial charge >= 0.3 is 0 Å². The van der Waals surface area contributed by atoms with Crippen LogP contribution in [-0.2, 0) is 5.41 Å². The van der Waals surface area contributed by atoms with E-state index in [0.717, 1.165) is 12.3 Å². The Balaban J connectivity index is 3.22. The highest BCUT2D eigenvalue weighted by Crippen LogP contribution is 2.34. The molecule has 0 radical (unpaired) electrons. The van der Waals surface area contributed by atoms with Crippen molar-refractivity contribution < 1.29 is 4.74 Å². The van der Waals surface area contributed by atoms with Crippen LogP contribution in [0.2, 0.25) is 0 Å². The number of methoxy groups -OCH3 is 1. The zero-order valence-electron chi connectivity index (χ0n) is 11.3. The molecular formula is C14H23NO. The molecular weight excluding hydrogens is 198 g/mol. The average Bonchev–Trinajstić information content (AvgIpc) is 2.26. The van der Waals surface area contributed by atoms with Crippen LogP contribution in [0.4, 0.5) is 5.69 Å². The third-order valence-electron chi connectivity index (χ3n) is 2.91. The van der Waals surface area contributed by atoms with Crippen LogP contribution in [0.3, 0.4) is 0 Å². The molecule has 0 aliphatic rings. The van der Waals surface area contributed by atoms with E-state index in [9.17, 15) is 0 Å². The number of ether oxygens (including phenoxy) is 1. The summed E-state index contributed by atoms with van der Waals surface area (Å²) in [6.07, 6.45) is 0. The summed E-state index contributed by atoms with van der Waals surface area (Å²) in [6, 6.07) is 6.39. The molecule has 90 valence electrons. The molecule has 1 rings (SSSR count). The van der Waals surface area contributed by atoms with Crippen molar-refractivity contribution >= 4 is 5.69 Å². The van der Waals surface area contributed by atoms with Gasteiger partial charge in [0.2, 0.25) is 0 Å². The summed E-state index contributed by atoms with van der Waals surface area (Å²) in [5, 5.41) is 0. The first-order valence-corrected chi connectivity index (χ1v) is 5.79. The molecule has 0 N–H and O–H groups in total. The number of anilines is 1. The summed E-state index contributed by atoms with van der Waals surface area (Å²) in [6.45, 7) is 9.79. The highest BCUT2D eigenvalue weighted by Gasteiger charge is 2.19. The van der Waals surface area contributed by atoms with Crippen LogP contribution in [0, 0.1) is 0 Å². The van der Waals surface area contributed by atoms with Crippen LogP contribution in [0.25, 0.3) is 0 Å². The van der Waals surface area contributed by atoms with E-state index in [4.69, 9.17) is 4.74 Å². The average molecular weight is 221 g/mol. The predicted octanol–water partition coefficient (Wildman–Crippen LogP) is 3.45. The number of hydrogen-bond donors (Lipinski definition) is 0. The molecule has 1 aromatic carbocycles. The maximum absolute atomic E-state index is 5.42. The highest BCUT2D eigenvalue weighted by atomic mass is 16.5. The van der Waals surface area contributed by atoms with Gasteiger partial charge < -0.3 is 9.64 Å². The van der Waals surface area contributed by atoms with Gasteiger partial charge in [-0.25, -0.2) is 0 Å². The molecule has 0 saturated heterocycles. The fraction of sp³-hybridized carbons (Fsp3) is 0.571. The Hall–Kier alpha value is -1.18. The molecule has 0 heterocycles. The lowest BCUT2D eigenvalue weighted by Crippen LogP contribution is -2.18. The minimum Gasteiger partial charge on any atom is -0.496 e. The van der Waals surface area contributed by atoms with Crippen LogP contribution in [0.1, 0.15) is 33.3 Å². The molecule has 0 atom stereocenters. The van der Waals surface area contributed by atoms with Gasteiger partial charge in [-0.05, 0) is 30.5 Å². The molecule has 0 bridgehead atoms. The predicted molar refractivity (Wildman–Crippen MR) is 70.6 cm³/mol. The molecule has 0 aromatic heterocycles. The SMILES string of the molecule is CCN(C)c1ccc(OC)c(C(C)(C)C)c1. The lowest BCUT2D eigenvalue weighted by atomic mass is 9.86. The van der Waals surface area contributed by atoms with Crippen molar-refractivity contribution in [1.29, 1.82) is 0 Å². The lowest BCUT2D eigenvalue weighted by Gasteiger charge is -2.25. The topological polar surface area (TPSA) is 12.5 Å². The number of hydrogen-bond acceptors (Lipinski definition) is 2. The Bertz CT molecular complexity index is 352. The second-order valence-corrected chi connectivity index (χ2v) is 5.15. The number of nitrogens with zero attached hydrogens (tertiary/aromatic N) is 1. The Morgan fingerprint density at radius 1 is 1.25 bits per heavy atom. The van der Waals surface area contributed by atoms with Crippen LogP contribution >= 0.6 is 0 Å². The van der Waals surface area contributed by atoms with Crippen molar-refractivity contribution in [2.24, 2.45) is 0 Å². The number of benzene rings is 1. The second-order valence-electron chi connectivity index (χ2n) is 5.15. The van der Waals surface area contributed by atoms with E-state index in [0.29, 0.717) is 0 Å². The first-order chi connectivity index (χ1) is 7.40. The van der Waals surface area contributed by atoms with Gasteiger partial charge in [0.1, 0.15) is 5.75 Å². The van der Waals surface area contributed by atoms with Gasteiger partial charge in [-0.3, -0.25) is 0 Å². The quantitative estimate of drug-likeness (QED) is 0.775. The normalized spacial score (nSPS) is 11.4. The summed E-state index contributed by atoms with van der Waals surface area (Å²) < 4.78 is 5.42. The summed E-state index contributed by atoms with van der Waals surface area (Å²) >= 11 is 0. The van der Waals surface area contributed by atoms with Crippen molar-refractivity contribution in [3.63, 3.8) is 0 Å². The van der Waals surface area contributed by atoms with E-state index in [1.54, 1.807) is 7.11 Å². The van der Waals surface area contributed by atoms with E-state index in [-0.39, 0.29) is 5.41 Å². The maximum atomic E-state index is 5.42. The Morgan fingerprint density at radius 2 is 1.88 bits per heavy atom. The van der Waals surface area contributed by atoms with Crippen LogP contribution < -0.4 is 9.64 Å². The summed E-state index contributed by atoms with van der Waals surface area (Å²) in [7, 11) is 3.84. The third-order valence-corrected chi connectivity index (χ3v) is 2.91. The van der Waals surface area contributed by atoms with Gasteiger partial charge in [0.25, 0.3) is 0 Å². The fourth-order valence-electron chi connectivity index (χ4n) is 1.70. The maximum Gasteiger partial charge on any atom is 0.122 e. The minimum absolute atomic E-state index is 0.107. The molecule has 2 heteroatoms. The molecule has 16 heavy (non-hydrogen) atoms. The first kappa shape index (κ1) is 12.9. The standard InChI is InChI=1S/C14H23NO/c1-7-15(5)11-8-9-13(16-6)12(10-11)14(2,3)4/h8-10H,7H2,1-6H3. The van der Waals surface area contributed by atoms with Gasteiger partial charge in [-0.15, -0.1) is 0 Å². The first-order valence-electron chi connectivity index (χ1n) is 5.79. The lowest BCUT2D eigenvalue weighted by molar-refractivity contribution is 0.397. The fourth-order valence-corrected chi connectivity index (χ4v) is 1.70. The van der Waals surface area contributed by atoms with Crippen LogP contribution in [-0.4, -0.2) is 20.7 Å². The highest BCUT2D eigenvalue weighted by molar-refractivity contribution is 5.54. The van der Waals surface area contributed by atoms with Crippen molar-refractivity contribution in [3.05, 3.63) is 23.8 Å². The largest absolute Gasteiger partial charge is 0.496 e. The monoisotopic (exact) mass is 221 g/mol. The van der Waals surface area contributed by atoms with E-state index in [1.165, 1.54) is 11.3 Å². The van der Waals surface area contributed by atoms with Crippen molar-refractivity contribution in [2.75, 3.05) is 25.6 Å². The van der Waals surface area contributed by atoms with Crippen LogP contribution in [0.5, 0.6) is 5.75 Å². The summed E-state index contributed by atoms with van der Waals surface area (Å²) in [5.74, 6) is 0.973. The van der Waals surface area contributed by atoms with Crippen molar-refractivity contribution in [1.82, 2.24) is 0 Å². The Labute approximate surface area is 99.2 Å². The van der Waals surface area contributed by atoms with E-state index in [2.05, 4.69) is 57.8 Å².